The molecule has 0 aliphatic carbocycles. The van der Waals surface area contributed by atoms with Crippen molar-refractivity contribution in [1.82, 2.24) is 9.97 Å². The molecule has 20 heavy (non-hydrogen) atoms. The van der Waals surface area contributed by atoms with Crippen LogP contribution in [-0.2, 0) is 0 Å². The minimum atomic E-state index is -1.31. The number of nitro groups is 1. The molecule has 3 N–H and O–H groups in total. The summed E-state index contributed by atoms with van der Waals surface area (Å²) in [5, 5.41) is 22.0. The van der Waals surface area contributed by atoms with Crippen molar-refractivity contribution in [2.24, 2.45) is 0 Å². The highest BCUT2D eigenvalue weighted by molar-refractivity contribution is 6.06. The van der Waals surface area contributed by atoms with E-state index >= 15 is 0 Å². The Labute approximate surface area is 111 Å². The van der Waals surface area contributed by atoms with Gasteiger partial charge in [-0.1, -0.05) is 0 Å². The molecule has 1 aromatic heterocycles. The number of aromatic carboxylic acids is 1. The van der Waals surface area contributed by atoms with Gasteiger partial charge in [-0.05, 0) is 6.07 Å². The number of imidazole rings is 1. The third kappa shape index (κ3) is 2.61. The van der Waals surface area contributed by atoms with Gasteiger partial charge in [0.1, 0.15) is 5.69 Å². The molecule has 1 aromatic carbocycles. The summed E-state index contributed by atoms with van der Waals surface area (Å²) in [7, 11) is 0. The molecule has 102 valence electrons. The number of benzene rings is 1. The smallest absolute Gasteiger partial charge is 0.337 e. The van der Waals surface area contributed by atoms with Gasteiger partial charge in [0.25, 0.3) is 11.6 Å². The molecule has 2 rings (SSSR count). The quantitative estimate of drug-likeness (QED) is 0.567. The van der Waals surface area contributed by atoms with Crippen LogP contribution in [-0.4, -0.2) is 31.9 Å². The zero-order valence-electron chi connectivity index (χ0n) is 9.86. The topological polar surface area (TPSA) is 138 Å². The van der Waals surface area contributed by atoms with Gasteiger partial charge in [-0.15, -0.1) is 0 Å². The molecule has 0 aliphatic rings. The lowest BCUT2D eigenvalue weighted by atomic mass is 10.1. The van der Waals surface area contributed by atoms with Crippen molar-refractivity contribution >= 4 is 23.3 Å². The molecule has 1 amide bonds. The summed E-state index contributed by atoms with van der Waals surface area (Å²) in [4.78, 5) is 39.0. The maximum Gasteiger partial charge on any atom is 0.337 e. The lowest BCUT2D eigenvalue weighted by molar-refractivity contribution is -0.384. The van der Waals surface area contributed by atoms with Gasteiger partial charge in [-0.2, -0.15) is 0 Å². The van der Waals surface area contributed by atoms with Crippen LogP contribution in [0.2, 0.25) is 0 Å². The van der Waals surface area contributed by atoms with Crippen molar-refractivity contribution in [3.8, 4) is 0 Å². The van der Waals surface area contributed by atoms with E-state index in [9.17, 15) is 19.7 Å². The number of carboxylic acids is 1. The maximum atomic E-state index is 11.8. The fourth-order valence-electron chi connectivity index (χ4n) is 1.51. The number of anilines is 1. The summed E-state index contributed by atoms with van der Waals surface area (Å²) in [6, 6.07) is 3.09. The molecule has 0 radical (unpaired) electrons. The number of amides is 1. The van der Waals surface area contributed by atoms with E-state index < -0.39 is 16.8 Å². The van der Waals surface area contributed by atoms with Crippen LogP contribution >= 0.6 is 0 Å². The second-order valence-corrected chi connectivity index (χ2v) is 3.71. The lowest BCUT2D eigenvalue weighted by Crippen LogP contribution is -2.15. The van der Waals surface area contributed by atoms with Crippen LogP contribution in [0, 0.1) is 10.1 Å². The second kappa shape index (κ2) is 5.18. The second-order valence-electron chi connectivity index (χ2n) is 3.71. The lowest BCUT2D eigenvalue weighted by Gasteiger charge is -2.07. The number of carbonyl (C=O) groups is 2. The monoisotopic (exact) mass is 276 g/mol. The number of hydrogen-bond donors (Lipinski definition) is 3. The van der Waals surface area contributed by atoms with Crippen LogP contribution in [0.1, 0.15) is 20.8 Å². The molecule has 0 saturated carbocycles. The number of rotatable bonds is 4. The number of H-pyrrole nitrogens is 1. The Morgan fingerprint density at radius 2 is 2.15 bits per heavy atom. The molecule has 0 spiro atoms. The summed E-state index contributed by atoms with van der Waals surface area (Å²) in [5.41, 5.74) is -0.627. The number of non-ortho nitro benzene ring substituents is 1. The molecular formula is C11H8N4O5. The summed E-state index contributed by atoms with van der Waals surface area (Å²) in [5.74, 6) is -1.95. The molecule has 0 aliphatic heterocycles. The molecule has 0 bridgehead atoms. The fourth-order valence-corrected chi connectivity index (χ4v) is 1.51. The van der Waals surface area contributed by atoms with E-state index in [0.29, 0.717) is 0 Å². The van der Waals surface area contributed by atoms with E-state index in [1.165, 1.54) is 12.5 Å². The number of nitro benzene ring substituents is 1. The Morgan fingerprint density at radius 3 is 2.70 bits per heavy atom. The first-order valence-electron chi connectivity index (χ1n) is 5.30. The van der Waals surface area contributed by atoms with Crippen LogP contribution in [0.3, 0.4) is 0 Å². The summed E-state index contributed by atoms with van der Waals surface area (Å²) >= 11 is 0. The average Bonchev–Trinajstić information content (AvgIpc) is 2.92. The van der Waals surface area contributed by atoms with Crippen molar-refractivity contribution < 1.29 is 19.6 Å². The minimum absolute atomic E-state index is 0.104. The molecule has 0 unspecified atom stereocenters. The Balaban J connectivity index is 2.37. The van der Waals surface area contributed by atoms with Gasteiger partial charge >= 0.3 is 5.97 Å². The highest BCUT2D eigenvalue weighted by atomic mass is 16.6. The van der Waals surface area contributed by atoms with Gasteiger partial charge in [-0.3, -0.25) is 14.9 Å². The van der Waals surface area contributed by atoms with Crippen LogP contribution < -0.4 is 5.32 Å². The third-order valence-corrected chi connectivity index (χ3v) is 2.44. The van der Waals surface area contributed by atoms with Gasteiger partial charge in [0.05, 0.1) is 28.7 Å². The standard InChI is InChI=1S/C11H8N4O5/c16-10(9-4-12-5-13-9)14-8-3-6(15(19)20)1-2-7(8)11(17)18/h1-5H,(H,12,13)(H,14,16)(H,17,18). The Morgan fingerprint density at radius 1 is 1.40 bits per heavy atom. The van der Waals surface area contributed by atoms with Crippen molar-refractivity contribution in [3.05, 3.63) is 52.1 Å². The molecular weight excluding hydrogens is 268 g/mol. The highest BCUT2D eigenvalue weighted by Gasteiger charge is 2.18. The van der Waals surface area contributed by atoms with Gasteiger partial charge < -0.3 is 15.4 Å². The number of aromatic amines is 1. The van der Waals surface area contributed by atoms with Crippen molar-refractivity contribution in [1.29, 1.82) is 0 Å². The average molecular weight is 276 g/mol. The van der Waals surface area contributed by atoms with E-state index in [4.69, 9.17) is 5.11 Å². The van der Waals surface area contributed by atoms with Crippen molar-refractivity contribution in [2.45, 2.75) is 0 Å². The van der Waals surface area contributed by atoms with Gasteiger partial charge in [0.2, 0.25) is 0 Å². The maximum absolute atomic E-state index is 11.8. The third-order valence-electron chi connectivity index (χ3n) is 2.44. The summed E-state index contributed by atoms with van der Waals surface area (Å²) in [6.07, 6.45) is 2.52. The van der Waals surface area contributed by atoms with Crippen molar-refractivity contribution in [3.63, 3.8) is 0 Å². The number of nitrogens with one attached hydrogen (secondary N) is 2. The molecule has 2 aromatic rings. The largest absolute Gasteiger partial charge is 0.478 e. The number of aromatic nitrogens is 2. The zero-order chi connectivity index (χ0) is 14.7. The zero-order valence-corrected chi connectivity index (χ0v) is 9.86. The molecule has 1 heterocycles. The predicted molar refractivity (Wildman–Crippen MR) is 66.6 cm³/mol. The van der Waals surface area contributed by atoms with Gasteiger partial charge in [0.15, 0.2) is 0 Å². The minimum Gasteiger partial charge on any atom is -0.478 e. The first kappa shape index (κ1) is 13.2. The molecule has 0 atom stereocenters. The number of nitrogens with zero attached hydrogens (tertiary/aromatic N) is 2. The first-order chi connectivity index (χ1) is 9.49. The Bertz CT molecular complexity index is 680. The molecule has 9 nitrogen and oxygen atoms in total. The Hall–Kier alpha value is -3.23. The normalized spacial score (nSPS) is 10.0. The van der Waals surface area contributed by atoms with Gasteiger partial charge in [-0.25, -0.2) is 9.78 Å². The van der Waals surface area contributed by atoms with Gasteiger partial charge in [0, 0.05) is 12.1 Å². The first-order valence-corrected chi connectivity index (χ1v) is 5.30. The van der Waals surface area contributed by atoms with E-state index in [0.717, 1.165) is 18.2 Å². The fraction of sp³-hybridized carbons (Fsp3) is 0. The Kier molecular flexibility index (Phi) is 3.42. The van der Waals surface area contributed by atoms with Crippen LogP contribution in [0.5, 0.6) is 0 Å². The number of carboxylic acid groups (broad SMARTS) is 1. The molecule has 0 saturated heterocycles. The van der Waals surface area contributed by atoms with Crippen LogP contribution in [0.25, 0.3) is 0 Å². The summed E-state index contributed by atoms with van der Waals surface area (Å²) < 4.78 is 0. The van der Waals surface area contributed by atoms with Crippen molar-refractivity contribution in [2.75, 3.05) is 5.32 Å². The molecule has 9 heteroatoms. The number of hydrogen-bond acceptors (Lipinski definition) is 5. The number of carbonyl (C=O) groups excluding carboxylic acids is 1. The van der Waals surface area contributed by atoms with E-state index in [-0.39, 0.29) is 22.6 Å². The SMILES string of the molecule is O=C(Nc1cc([N+](=O)[O-])ccc1C(=O)O)c1cnc[nH]1. The van der Waals surface area contributed by atoms with E-state index in [1.807, 2.05) is 0 Å². The van der Waals surface area contributed by atoms with Crippen LogP contribution in [0.15, 0.2) is 30.7 Å². The predicted octanol–water partition coefficient (Wildman–Crippen LogP) is 1.27. The summed E-state index contributed by atoms with van der Waals surface area (Å²) in [6.45, 7) is 0. The molecule has 0 fully saturated rings. The van der Waals surface area contributed by atoms with E-state index in [2.05, 4.69) is 15.3 Å². The van der Waals surface area contributed by atoms with E-state index in [1.54, 1.807) is 0 Å². The van der Waals surface area contributed by atoms with Crippen LogP contribution in [0.4, 0.5) is 11.4 Å². The highest BCUT2D eigenvalue weighted by Crippen LogP contribution is 2.23.